The molecule has 0 atom stereocenters. The van der Waals surface area contributed by atoms with Crippen molar-refractivity contribution in [2.24, 2.45) is 0 Å². The first kappa shape index (κ1) is 11.9. The lowest BCUT2D eigenvalue weighted by atomic mass is 9.97. The molecule has 0 saturated heterocycles. The molecule has 1 aliphatic heterocycles. The third-order valence-electron chi connectivity index (χ3n) is 4.53. The monoisotopic (exact) mass is 244 g/mol. The van der Waals surface area contributed by atoms with Crippen LogP contribution in [0, 0.1) is 0 Å². The number of rotatable bonds is 1. The van der Waals surface area contributed by atoms with Crippen molar-refractivity contribution >= 4 is 11.4 Å². The molecular formula is C16H24N2. The molecule has 0 aromatic heterocycles. The van der Waals surface area contributed by atoms with Gasteiger partial charge in [-0.3, -0.25) is 0 Å². The maximum atomic E-state index is 5.98. The third-order valence-corrected chi connectivity index (χ3v) is 4.53. The Balaban J connectivity index is 1.87. The molecule has 98 valence electrons. The Hall–Kier alpha value is -1.18. The van der Waals surface area contributed by atoms with Crippen molar-refractivity contribution in [2.45, 2.75) is 57.4 Å². The number of nitrogen functional groups attached to an aromatic ring is 1. The van der Waals surface area contributed by atoms with Crippen molar-refractivity contribution in [3.63, 3.8) is 0 Å². The lowest BCUT2D eigenvalue weighted by Crippen LogP contribution is -2.38. The van der Waals surface area contributed by atoms with E-state index in [1.54, 1.807) is 0 Å². The molecule has 2 nitrogen and oxygen atoms in total. The lowest BCUT2D eigenvalue weighted by Gasteiger charge is -2.38. The second-order valence-corrected chi connectivity index (χ2v) is 5.83. The fourth-order valence-corrected chi connectivity index (χ4v) is 3.57. The van der Waals surface area contributed by atoms with Crippen molar-refractivity contribution < 1.29 is 0 Å². The van der Waals surface area contributed by atoms with Crippen LogP contribution in [-0.2, 0) is 6.42 Å². The number of fused-ring (bicyclic) bond motifs is 1. The second kappa shape index (κ2) is 5.21. The lowest BCUT2D eigenvalue weighted by molar-refractivity contribution is 0.506. The van der Waals surface area contributed by atoms with Crippen molar-refractivity contribution in [3.05, 3.63) is 23.8 Å². The topological polar surface area (TPSA) is 29.3 Å². The van der Waals surface area contributed by atoms with Gasteiger partial charge in [-0.2, -0.15) is 0 Å². The molecule has 2 N–H and O–H groups in total. The van der Waals surface area contributed by atoms with Crippen LogP contribution >= 0.6 is 0 Å². The Kier molecular flexibility index (Phi) is 3.44. The van der Waals surface area contributed by atoms with Gasteiger partial charge in [0.25, 0.3) is 0 Å². The smallest absolute Gasteiger partial charge is 0.0421 e. The zero-order valence-electron chi connectivity index (χ0n) is 11.2. The minimum atomic E-state index is 0.758. The van der Waals surface area contributed by atoms with Gasteiger partial charge in [0, 0.05) is 24.0 Å². The van der Waals surface area contributed by atoms with E-state index < -0.39 is 0 Å². The van der Waals surface area contributed by atoms with E-state index in [1.165, 1.54) is 69.2 Å². The van der Waals surface area contributed by atoms with Gasteiger partial charge < -0.3 is 10.6 Å². The predicted molar refractivity (Wildman–Crippen MR) is 78.0 cm³/mol. The Labute approximate surface area is 110 Å². The molecule has 0 amide bonds. The van der Waals surface area contributed by atoms with Crippen LogP contribution in [0.5, 0.6) is 0 Å². The summed E-state index contributed by atoms with van der Waals surface area (Å²) in [5.74, 6) is 0. The molecular weight excluding hydrogens is 220 g/mol. The zero-order chi connectivity index (χ0) is 12.4. The first-order valence-corrected chi connectivity index (χ1v) is 7.49. The van der Waals surface area contributed by atoms with Gasteiger partial charge in [0.2, 0.25) is 0 Å². The molecule has 1 heterocycles. The van der Waals surface area contributed by atoms with Gasteiger partial charge in [0.15, 0.2) is 0 Å². The standard InChI is InChI=1S/C16H24N2/c17-14-10-9-13-6-5-11-18(16(13)12-14)15-7-3-1-2-4-8-15/h9-10,12,15H,1-8,11,17H2. The maximum absolute atomic E-state index is 5.98. The molecule has 2 heteroatoms. The molecule has 0 spiro atoms. The Morgan fingerprint density at radius 3 is 2.56 bits per heavy atom. The molecule has 0 unspecified atom stereocenters. The first-order chi connectivity index (χ1) is 8.84. The average molecular weight is 244 g/mol. The fraction of sp³-hybridized carbons (Fsp3) is 0.625. The Morgan fingerprint density at radius 2 is 1.78 bits per heavy atom. The van der Waals surface area contributed by atoms with E-state index in [9.17, 15) is 0 Å². The molecule has 1 saturated carbocycles. The van der Waals surface area contributed by atoms with Crippen LogP contribution in [0.15, 0.2) is 18.2 Å². The molecule has 1 aromatic rings. The number of hydrogen-bond acceptors (Lipinski definition) is 2. The van der Waals surface area contributed by atoms with E-state index in [0.29, 0.717) is 0 Å². The Bertz CT molecular complexity index is 406. The minimum Gasteiger partial charge on any atom is -0.399 e. The fourth-order valence-electron chi connectivity index (χ4n) is 3.57. The summed E-state index contributed by atoms with van der Waals surface area (Å²) in [7, 11) is 0. The summed E-state index contributed by atoms with van der Waals surface area (Å²) in [5.41, 5.74) is 9.81. The summed E-state index contributed by atoms with van der Waals surface area (Å²) < 4.78 is 0. The second-order valence-electron chi connectivity index (χ2n) is 5.83. The van der Waals surface area contributed by atoms with Gasteiger partial charge >= 0.3 is 0 Å². The molecule has 3 rings (SSSR count). The SMILES string of the molecule is Nc1ccc2c(c1)N(C1CCCCCC1)CCC2. The van der Waals surface area contributed by atoms with Crippen LogP contribution < -0.4 is 10.6 Å². The molecule has 0 bridgehead atoms. The van der Waals surface area contributed by atoms with Crippen LogP contribution in [0.2, 0.25) is 0 Å². The van der Waals surface area contributed by atoms with Crippen molar-refractivity contribution in [3.8, 4) is 0 Å². The highest BCUT2D eigenvalue weighted by molar-refractivity contribution is 5.63. The normalized spacial score (nSPS) is 21.4. The Morgan fingerprint density at radius 1 is 1.00 bits per heavy atom. The summed E-state index contributed by atoms with van der Waals surface area (Å²) in [4.78, 5) is 2.65. The van der Waals surface area contributed by atoms with Gasteiger partial charge in [0.1, 0.15) is 0 Å². The van der Waals surface area contributed by atoms with E-state index in [1.807, 2.05) is 0 Å². The van der Waals surface area contributed by atoms with Crippen LogP contribution in [-0.4, -0.2) is 12.6 Å². The van der Waals surface area contributed by atoms with Gasteiger partial charge in [-0.25, -0.2) is 0 Å². The van der Waals surface area contributed by atoms with Gasteiger partial charge in [-0.15, -0.1) is 0 Å². The number of nitrogens with two attached hydrogens (primary N) is 1. The highest BCUT2D eigenvalue weighted by atomic mass is 15.2. The molecule has 18 heavy (non-hydrogen) atoms. The highest BCUT2D eigenvalue weighted by Gasteiger charge is 2.24. The number of benzene rings is 1. The summed E-state index contributed by atoms with van der Waals surface area (Å²) in [6.45, 7) is 1.22. The minimum absolute atomic E-state index is 0.758. The van der Waals surface area contributed by atoms with Gasteiger partial charge in [0.05, 0.1) is 0 Å². The summed E-state index contributed by atoms with van der Waals surface area (Å²) in [6, 6.07) is 7.23. The van der Waals surface area contributed by atoms with Crippen molar-refractivity contribution in [1.82, 2.24) is 0 Å². The summed E-state index contributed by atoms with van der Waals surface area (Å²) >= 11 is 0. The van der Waals surface area contributed by atoms with E-state index in [-0.39, 0.29) is 0 Å². The van der Waals surface area contributed by atoms with Crippen LogP contribution in [0.3, 0.4) is 0 Å². The molecule has 1 fully saturated rings. The number of aryl methyl sites for hydroxylation is 1. The molecule has 2 aliphatic rings. The van der Waals surface area contributed by atoms with E-state index in [4.69, 9.17) is 5.73 Å². The van der Waals surface area contributed by atoms with Crippen molar-refractivity contribution in [1.29, 1.82) is 0 Å². The summed E-state index contributed by atoms with van der Waals surface area (Å²) in [6.07, 6.45) is 10.9. The van der Waals surface area contributed by atoms with E-state index in [0.717, 1.165) is 11.7 Å². The quantitative estimate of drug-likeness (QED) is 0.602. The van der Waals surface area contributed by atoms with Crippen LogP contribution in [0.1, 0.15) is 50.5 Å². The van der Waals surface area contributed by atoms with Crippen LogP contribution in [0.4, 0.5) is 11.4 Å². The maximum Gasteiger partial charge on any atom is 0.0421 e. The average Bonchev–Trinajstić information content (AvgIpc) is 2.67. The number of nitrogens with zero attached hydrogens (tertiary/aromatic N) is 1. The van der Waals surface area contributed by atoms with E-state index in [2.05, 4.69) is 23.1 Å². The van der Waals surface area contributed by atoms with Gasteiger partial charge in [-0.05, 0) is 43.4 Å². The largest absolute Gasteiger partial charge is 0.399 e. The third kappa shape index (κ3) is 2.33. The predicted octanol–water partition coefficient (Wildman–Crippen LogP) is 3.74. The van der Waals surface area contributed by atoms with Crippen molar-refractivity contribution in [2.75, 3.05) is 17.2 Å². The van der Waals surface area contributed by atoms with E-state index >= 15 is 0 Å². The number of hydrogen-bond donors (Lipinski definition) is 1. The highest BCUT2D eigenvalue weighted by Crippen LogP contribution is 2.34. The van der Waals surface area contributed by atoms with Crippen LogP contribution in [0.25, 0.3) is 0 Å². The molecule has 1 aliphatic carbocycles. The zero-order valence-corrected chi connectivity index (χ0v) is 11.2. The summed E-state index contributed by atoms with van der Waals surface area (Å²) in [5, 5.41) is 0. The first-order valence-electron chi connectivity index (χ1n) is 7.49. The molecule has 1 aromatic carbocycles. The number of anilines is 2. The molecule has 0 radical (unpaired) electrons. The van der Waals surface area contributed by atoms with Gasteiger partial charge in [-0.1, -0.05) is 31.7 Å².